The number of carbonyl (C=O) groups is 1. The first-order valence-electron chi connectivity index (χ1n) is 9.98. The molecule has 1 aliphatic rings. The van der Waals surface area contributed by atoms with Gasteiger partial charge in [-0.3, -0.25) is 4.79 Å². The summed E-state index contributed by atoms with van der Waals surface area (Å²) in [5, 5.41) is 0. The van der Waals surface area contributed by atoms with Crippen molar-refractivity contribution in [1.82, 2.24) is 0 Å². The molecule has 3 aromatic rings. The Morgan fingerprint density at radius 2 is 1.21 bits per heavy atom. The maximum atomic E-state index is 13.0. The van der Waals surface area contributed by atoms with Gasteiger partial charge in [0.15, 0.2) is 5.78 Å². The Labute approximate surface area is 172 Å². The Balaban J connectivity index is 1.54. The molecule has 1 saturated carbocycles. The molecular weight excluding hydrogens is 356 g/mol. The monoisotopic (exact) mass is 380 g/mol. The van der Waals surface area contributed by atoms with Crippen LogP contribution >= 0.6 is 0 Å². The van der Waals surface area contributed by atoms with E-state index in [0.29, 0.717) is 0 Å². The predicted molar refractivity (Wildman–Crippen MR) is 120 cm³/mol. The molecule has 1 fully saturated rings. The fourth-order valence-corrected chi connectivity index (χ4v) is 3.68. The molecule has 0 aromatic heterocycles. The molecule has 0 atom stereocenters. The molecule has 3 aromatic carbocycles. The first-order valence-corrected chi connectivity index (χ1v) is 9.98. The molecule has 0 aliphatic heterocycles. The average Bonchev–Trinajstić information content (AvgIpc) is 2.78. The fourth-order valence-electron chi connectivity index (χ4n) is 3.68. The summed E-state index contributed by atoms with van der Waals surface area (Å²) in [7, 11) is 1.65. The van der Waals surface area contributed by atoms with Gasteiger partial charge in [0.2, 0.25) is 0 Å². The summed E-state index contributed by atoms with van der Waals surface area (Å²) in [4.78, 5) is 13.0. The molecule has 0 amide bonds. The maximum Gasteiger partial charge on any atom is 0.185 e. The van der Waals surface area contributed by atoms with Gasteiger partial charge in [-0.25, -0.2) is 0 Å². The van der Waals surface area contributed by atoms with E-state index in [1.165, 1.54) is 11.1 Å². The summed E-state index contributed by atoms with van der Waals surface area (Å²) in [6.07, 6.45) is 6.71. The molecule has 0 heterocycles. The average molecular weight is 380 g/mol. The zero-order chi connectivity index (χ0) is 20.1. The van der Waals surface area contributed by atoms with Crippen LogP contribution in [0, 0.1) is 0 Å². The van der Waals surface area contributed by atoms with E-state index in [-0.39, 0.29) is 5.78 Å². The van der Waals surface area contributed by atoms with Crippen molar-refractivity contribution in [3.8, 4) is 16.9 Å². The zero-order valence-electron chi connectivity index (χ0n) is 16.6. The summed E-state index contributed by atoms with van der Waals surface area (Å²) in [6.45, 7) is 0. The molecule has 2 nitrogen and oxygen atoms in total. The van der Waals surface area contributed by atoms with Gasteiger partial charge in [-0.2, -0.15) is 0 Å². The van der Waals surface area contributed by atoms with E-state index >= 15 is 0 Å². The number of allylic oxidation sites excluding steroid dienone is 2. The second-order valence-electron chi connectivity index (χ2n) is 7.28. The van der Waals surface area contributed by atoms with Crippen molar-refractivity contribution >= 4 is 17.9 Å². The van der Waals surface area contributed by atoms with Crippen LogP contribution in [0.25, 0.3) is 23.3 Å². The van der Waals surface area contributed by atoms with Crippen LogP contribution in [0.1, 0.15) is 30.4 Å². The SMILES string of the molecule is COc1ccc(/C=C2\CCC/C(=C/c3ccc(-c4ccccc4)cc3)C2=O)cc1. The number of ketones is 1. The molecule has 0 radical (unpaired) electrons. The standard InChI is InChI=1S/C27H24O2/c1-29-26-16-12-21(13-17-26)19-25-9-5-8-24(27(25)28)18-20-10-14-23(15-11-20)22-6-3-2-4-7-22/h2-4,6-7,10-19H,5,8-9H2,1H3/b24-18-,25-19+. The number of rotatable bonds is 4. The minimum absolute atomic E-state index is 0.166. The summed E-state index contributed by atoms with van der Waals surface area (Å²) in [6, 6.07) is 26.5. The molecular formula is C27H24O2. The Morgan fingerprint density at radius 3 is 1.76 bits per heavy atom. The number of Topliss-reactive ketones (excluding diaryl/α,β-unsaturated/α-hetero) is 1. The number of hydrogen-bond acceptors (Lipinski definition) is 2. The lowest BCUT2D eigenvalue weighted by Gasteiger charge is -2.16. The molecule has 144 valence electrons. The quantitative estimate of drug-likeness (QED) is 0.478. The van der Waals surface area contributed by atoms with Crippen molar-refractivity contribution in [1.29, 1.82) is 0 Å². The number of hydrogen-bond donors (Lipinski definition) is 0. The van der Waals surface area contributed by atoms with Crippen LogP contribution in [0.5, 0.6) is 5.75 Å². The van der Waals surface area contributed by atoms with Crippen LogP contribution in [0.3, 0.4) is 0 Å². The minimum atomic E-state index is 0.166. The van der Waals surface area contributed by atoms with E-state index in [4.69, 9.17) is 4.74 Å². The van der Waals surface area contributed by atoms with Crippen LogP contribution in [-0.2, 0) is 4.79 Å². The van der Waals surface area contributed by atoms with Crippen molar-refractivity contribution in [2.75, 3.05) is 7.11 Å². The Kier molecular flexibility index (Phi) is 5.71. The van der Waals surface area contributed by atoms with Gasteiger partial charge in [0, 0.05) is 11.1 Å². The van der Waals surface area contributed by atoms with E-state index in [1.54, 1.807) is 7.11 Å². The second-order valence-corrected chi connectivity index (χ2v) is 7.28. The van der Waals surface area contributed by atoms with Crippen LogP contribution < -0.4 is 4.74 Å². The van der Waals surface area contributed by atoms with E-state index in [1.807, 2.05) is 54.6 Å². The summed E-state index contributed by atoms with van der Waals surface area (Å²) in [5.74, 6) is 0.987. The van der Waals surface area contributed by atoms with E-state index < -0.39 is 0 Å². The third-order valence-corrected chi connectivity index (χ3v) is 5.29. The first-order chi connectivity index (χ1) is 14.2. The van der Waals surface area contributed by atoms with E-state index in [9.17, 15) is 4.79 Å². The highest BCUT2D eigenvalue weighted by Crippen LogP contribution is 2.29. The second kappa shape index (κ2) is 8.74. The Morgan fingerprint density at radius 1 is 0.690 bits per heavy atom. The Hall–Kier alpha value is -3.39. The van der Waals surface area contributed by atoms with Gasteiger partial charge >= 0.3 is 0 Å². The lowest BCUT2D eigenvalue weighted by atomic mass is 9.86. The lowest BCUT2D eigenvalue weighted by Crippen LogP contribution is -2.12. The largest absolute Gasteiger partial charge is 0.497 e. The molecule has 0 spiro atoms. The molecule has 2 heteroatoms. The predicted octanol–water partition coefficient (Wildman–Crippen LogP) is 6.58. The van der Waals surface area contributed by atoms with Crippen molar-refractivity contribution in [2.24, 2.45) is 0 Å². The van der Waals surface area contributed by atoms with Crippen molar-refractivity contribution in [3.63, 3.8) is 0 Å². The van der Waals surface area contributed by atoms with Crippen molar-refractivity contribution < 1.29 is 9.53 Å². The minimum Gasteiger partial charge on any atom is -0.497 e. The summed E-state index contributed by atoms with van der Waals surface area (Å²) < 4.78 is 5.20. The van der Waals surface area contributed by atoms with Gasteiger partial charge in [-0.1, -0.05) is 66.7 Å². The smallest absolute Gasteiger partial charge is 0.185 e. The highest BCUT2D eigenvalue weighted by atomic mass is 16.5. The number of methoxy groups -OCH3 is 1. The van der Waals surface area contributed by atoms with Gasteiger partial charge in [-0.05, 0) is 65.8 Å². The van der Waals surface area contributed by atoms with Crippen molar-refractivity contribution in [3.05, 3.63) is 101 Å². The number of benzene rings is 3. The van der Waals surface area contributed by atoms with Crippen LogP contribution in [0.4, 0.5) is 0 Å². The topological polar surface area (TPSA) is 26.3 Å². The summed E-state index contributed by atoms with van der Waals surface area (Å²) >= 11 is 0. The van der Waals surface area contributed by atoms with Crippen LogP contribution in [0.2, 0.25) is 0 Å². The summed E-state index contributed by atoms with van der Waals surface area (Å²) in [5.41, 5.74) is 6.26. The van der Waals surface area contributed by atoms with E-state index in [2.05, 4.69) is 36.4 Å². The maximum absolute atomic E-state index is 13.0. The molecule has 0 N–H and O–H groups in total. The lowest BCUT2D eigenvalue weighted by molar-refractivity contribution is -0.112. The van der Waals surface area contributed by atoms with Gasteiger partial charge < -0.3 is 4.74 Å². The molecule has 0 saturated heterocycles. The van der Waals surface area contributed by atoms with Gasteiger partial charge in [-0.15, -0.1) is 0 Å². The highest BCUT2D eigenvalue weighted by Gasteiger charge is 2.20. The van der Waals surface area contributed by atoms with Gasteiger partial charge in [0.05, 0.1) is 7.11 Å². The molecule has 4 rings (SSSR count). The van der Waals surface area contributed by atoms with Crippen molar-refractivity contribution in [2.45, 2.75) is 19.3 Å². The third kappa shape index (κ3) is 4.55. The normalized spacial score (nSPS) is 16.9. The first kappa shape index (κ1) is 18.9. The Bertz CT molecular complexity index is 1040. The molecule has 1 aliphatic carbocycles. The van der Waals surface area contributed by atoms with Gasteiger partial charge in [0.1, 0.15) is 5.75 Å². The van der Waals surface area contributed by atoms with Gasteiger partial charge in [0.25, 0.3) is 0 Å². The molecule has 0 bridgehead atoms. The molecule has 0 unspecified atom stereocenters. The highest BCUT2D eigenvalue weighted by molar-refractivity contribution is 6.14. The third-order valence-electron chi connectivity index (χ3n) is 5.29. The van der Waals surface area contributed by atoms with Crippen LogP contribution in [-0.4, -0.2) is 12.9 Å². The fraction of sp³-hybridized carbons (Fsp3) is 0.148. The van der Waals surface area contributed by atoms with E-state index in [0.717, 1.165) is 47.3 Å². The number of ether oxygens (including phenoxy) is 1. The molecule has 29 heavy (non-hydrogen) atoms. The zero-order valence-corrected chi connectivity index (χ0v) is 16.6. The van der Waals surface area contributed by atoms with Crippen LogP contribution in [0.15, 0.2) is 90.0 Å². The number of carbonyl (C=O) groups excluding carboxylic acids is 1.